The Bertz CT molecular complexity index is 482. The van der Waals surface area contributed by atoms with E-state index < -0.39 is 0 Å². The number of pyridine rings is 1. The van der Waals surface area contributed by atoms with E-state index in [2.05, 4.69) is 10.3 Å². The molecule has 0 radical (unpaired) electrons. The Hall–Kier alpha value is -1.88. The van der Waals surface area contributed by atoms with Crippen LogP contribution in [0.15, 0.2) is 36.0 Å². The molecule has 0 atom stereocenters. The van der Waals surface area contributed by atoms with Crippen LogP contribution >= 0.6 is 11.3 Å². The van der Waals surface area contributed by atoms with Gasteiger partial charge >= 0.3 is 0 Å². The van der Waals surface area contributed by atoms with Gasteiger partial charge in [-0.15, -0.1) is 11.3 Å². The second kappa shape index (κ2) is 4.76. The fraction of sp³-hybridized carbons (Fsp3) is 0.0909. The molecule has 0 aliphatic heterocycles. The molecule has 0 aliphatic carbocycles. The van der Waals surface area contributed by atoms with E-state index in [1.165, 1.54) is 6.20 Å². The zero-order chi connectivity index (χ0) is 11.4. The molecule has 16 heavy (non-hydrogen) atoms. The minimum atomic E-state index is -0.195. The van der Waals surface area contributed by atoms with Crippen molar-refractivity contribution >= 4 is 22.9 Å². The normalized spacial score (nSPS) is 10.0. The van der Waals surface area contributed by atoms with Crippen LogP contribution in [0.5, 0.6) is 0 Å². The van der Waals surface area contributed by atoms with E-state index in [1.807, 2.05) is 17.5 Å². The molecule has 0 bridgehead atoms. The van der Waals surface area contributed by atoms with Crippen molar-refractivity contribution in [1.29, 1.82) is 0 Å². The average Bonchev–Trinajstić information content (AvgIpc) is 2.79. The fourth-order valence-electron chi connectivity index (χ4n) is 1.27. The van der Waals surface area contributed by atoms with Gasteiger partial charge in [0.25, 0.3) is 5.91 Å². The molecule has 82 valence electrons. The largest absolute Gasteiger partial charge is 0.398 e. The number of nitrogens with two attached hydrogens (primary N) is 1. The van der Waals surface area contributed by atoms with Crippen LogP contribution in [0.1, 0.15) is 15.2 Å². The van der Waals surface area contributed by atoms with Gasteiger partial charge in [0.05, 0.1) is 12.1 Å². The Morgan fingerprint density at radius 2 is 2.38 bits per heavy atom. The number of hydrogen-bond acceptors (Lipinski definition) is 4. The lowest BCUT2D eigenvalue weighted by Crippen LogP contribution is -2.23. The molecule has 0 unspecified atom stereocenters. The lowest BCUT2D eigenvalue weighted by molar-refractivity contribution is 0.0952. The third-order valence-corrected chi connectivity index (χ3v) is 2.98. The highest BCUT2D eigenvalue weighted by molar-refractivity contribution is 7.09. The number of carbonyl (C=O) groups is 1. The summed E-state index contributed by atoms with van der Waals surface area (Å²) in [6, 6.07) is 5.53. The first-order chi connectivity index (χ1) is 7.77. The summed E-state index contributed by atoms with van der Waals surface area (Å²) in [5.74, 6) is -0.195. The van der Waals surface area contributed by atoms with Crippen LogP contribution in [0, 0.1) is 0 Å². The van der Waals surface area contributed by atoms with E-state index >= 15 is 0 Å². The van der Waals surface area contributed by atoms with Crippen molar-refractivity contribution in [3.05, 3.63) is 46.4 Å². The molecule has 2 aromatic rings. The van der Waals surface area contributed by atoms with E-state index in [0.717, 1.165) is 4.88 Å². The quantitative estimate of drug-likeness (QED) is 0.847. The molecule has 0 saturated carbocycles. The Morgan fingerprint density at radius 3 is 3.06 bits per heavy atom. The van der Waals surface area contributed by atoms with Gasteiger partial charge in [-0.2, -0.15) is 0 Å². The molecule has 2 heterocycles. The molecule has 0 fully saturated rings. The maximum atomic E-state index is 11.7. The zero-order valence-corrected chi connectivity index (χ0v) is 9.33. The molecule has 2 rings (SSSR count). The van der Waals surface area contributed by atoms with Crippen LogP contribution in [-0.2, 0) is 6.54 Å². The Labute approximate surface area is 97.1 Å². The lowest BCUT2D eigenvalue weighted by Gasteiger charge is -2.05. The number of amides is 1. The van der Waals surface area contributed by atoms with Crippen molar-refractivity contribution < 1.29 is 4.79 Å². The smallest absolute Gasteiger partial charge is 0.255 e. The van der Waals surface area contributed by atoms with E-state index in [1.54, 1.807) is 23.6 Å². The Kier molecular flexibility index (Phi) is 3.16. The zero-order valence-electron chi connectivity index (χ0n) is 8.51. The van der Waals surface area contributed by atoms with Crippen LogP contribution in [0.25, 0.3) is 0 Å². The maximum Gasteiger partial charge on any atom is 0.255 e. The molecule has 4 nitrogen and oxygen atoms in total. The van der Waals surface area contributed by atoms with E-state index in [9.17, 15) is 4.79 Å². The van der Waals surface area contributed by atoms with Crippen molar-refractivity contribution in [3.63, 3.8) is 0 Å². The molecular weight excluding hydrogens is 222 g/mol. The Morgan fingerprint density at radius 1 is 1.50 bits per heavy atom. The van der Waals surface area contributed by atoms with Gasteiger partial charge in [-0.1, -0.05) is 6.07 Å². The number of thiophene rings is 1. The van der Waals surface area contributed by atoms with Gasteiger partial charge in [-0.3, -0.25) is 9.78 Å². The molecule has 0 saturated heterocycles. The first-order valence-electron chi connectivity index (χ1n) is 4.77. The molecular formula is C11H11N3OS. The molecule has 3 N–H and O–H groups in total. The number of nitrogens with one attached hydrogen (secondary N) is 1. The number of carbonyl (C=O) groups excluding carboxylic acids is 1. The third kappa shape index (κ3) is 2.38. The molecule has 1 amide bonds. The van der Waals surface area contributed by atoms with Crippen LogP contribution in [0.2, 0.25) is 0 Å². The number of nitrogens with zero attached hydrogens (tertiary/aromatic N) is 1. The van der Waals surface area contributed by atoms with Gasteiger partial charge in [0.15, 0.2) is 0 Å². The second-order valence-corrected chi connectivity index (χ2v) is 4.26. The van der Waals surface area contributed by atoms with Crippen LogP contribution in [0.3, 0.4) is 0 Å². The van der Waals surface area contributed by atoms with E-state index in [0.29, 0.717) is 17.8 Å². The highest BCUT2D eigenvalue weighted by atomic mass is 32.1. The minimum Gasteiger partial charge on any atom is -0.398 e. The summed E-state index contributed by atoms with van der Waals surface area (Å²) >= 11 is 1.60. The van der Waals surface area contributed by atoms with Gasteiger partial charge in [0, 0.05) is 23.0 Å². The van der Waals surface area contributed by atoms with Crippen molar-refractivity contribution in [2.45, 2.75) is 6.54 Å². The summed E-state index contributed by atoms with van der Waals surface area (Å²) in [5.41, 5.74) is 6.53. The molecule has 0 spiro atoms. The van der Waals surface area contributed by atoms with Crippen molar-refractivity contribution in [1.82, 2.24) is 10.3 Å². The molecule has 0 aliphatic rings. The number of anilines is 1. The van der Waals surface area contributed by atoms with Crippen molar-refractivity contribution in [2.75, 3.05) is 5.73 Å². The Balaban J connectivity index is 2.01. The number of nitrogen functional groups attached to an aromatic ring is 1. The monoisotopic (exact) mass is 233 g/mol. The van der Waals surface area contributed by atoms with Gasteiger partial charge in [0.2, 0.25) is 0 Å². The SMILES string of the molecule is Nc1ccncc1C(=O)NCc1cccs1. The predicted octanol–water partition coefficient (Wildman–Crippen LogP) is 1.66. The summed E-state index contributed by atoms with van der Waals surface area (Å²) in [4.78, 5) is 16.7. The van der Waals surface area contributed by atoms with Gasteiger partial charge in [0.1, 0.15) is 0 Å². The first-order valence-corrected chi connectivity index (χ1v) is 5.65. The highest BCUT2D eigenvalue weighted by Gasteiger charge is 2.08. The summed E-state index contributed by atoms with van der Waals surface area (Å²) in [6.45, 7) is 0.519. The van der Waals surface area contributed by atoms with E-state index in [4.69, 9.17) is 5.73 Å². The van der Waals surface area contributed by atoms with E-state index in [-0.39, 0.29) is 5.91 Å². The minimum absolute atomic E-state index is 0.195. The summed E-state index contributed by atoms with van der Waals surface area (Å²) in [6.07, 6.45) is 3.03. The average molecular weight is 233 g/mol. The van der Waals surface area contributed by atoms with Crippen molar-refractivity contribution in [2.24, 2.45) is 0 Å². The maximum absolute atomic E-state index is 11.7. The lowest BCUT2D eigenvalue weighted by atomic mass is 10.2. The number of aromatic nitrogens is 1. The first kappa shape index (κ1) is 10.6. The van der Waals surface area contributed by atoms with Gasteiger partial charge in [-0.05, 0) is 17.5 Å². The molecule has 5 heteroatoms. The summed E-state index contributed by atoms with van der Waals surface area (Å²) in [7, 11) is 0. The van der Waals surface area contributed by atoms with Crippen LogP contribution in [-0.4, -0.2) is 10.9 Å². The van der Waals surface area contributed by atoms with Gasteiger partial charge < -0.3 is 11.1 Å². The standard InChI is InChI=1S/C11H11N3OS/c12-10-3-4-13-7-9(10)11(15)14-6-8-2-1-5-16-8/h1-5,7H,6H2,(H2,12,13)(H,14,15). The fourth-order valence-corrected chi connectivity index (χ4v) is 1.92. The number of hydrogen-bond donors (Lipinski definition) is 2. The topological polar surface area (TPSA) is 68.0 Å². The summed E-state index contributed by atoms with van der Waals surface area (Å²) in [5, 5.41) is 4.77. The predicted molar refractivity (Wildman–Crippen MR) is 64.1 cm³/mol. The second-order valence-electron chi connectivity index (χ2n) is 3.22. The highest BCUT2D eigenvalue weighted by Crippen LogP contribution is 2.10. The van der Waals surface area contributed by atoms with Crippen LogP contribution in [0.4, 0.5) is 5.69 Å². The van der Waals surface area contributed by atoms with Crippen molar-refractivity contribution in [3.8, 4) is 0 Å². The summed E-state index contributed by atoms with van der Waals surface area (Å²) < 4.78 is 0. The van der Waals surface area contributed by atoms with Gasteiger partial charge in [-0.25, -0.2) is 0 Å². The molecule has 2 aromatic heterocycles. The molecule has 0 aromatic carbocycles. The third-order valence-electron chi connectivity index (χ3n) is 2.10. The number of rotatable bonds is 3. The van der Waals surface area contributed by atoms with Crippen LogP contribution < -0.4 is 11.1 Å².